The summed E-state index contributed by atoms with van der Waals surface area (Å²) >= 11 is 0. The summed E-state index contributed by atoms with van der Waals surface area (Å²) in [4.78, 5) is 14.9. The van der Waals surface area contributed by atoms with Crippen LogP contribution in [0.3, 0.4) is 0 Å². The summed E-state index contributed by atoms with van der Waals surface area (Å²) in [6.07, 6.45) is 0.810. The Labute approximate surface area is 174 Å². The van der Waals surface area contributed by atoms with Gasteiger partial charge in [0.15, 0.2) is 0 Å². The van der Waals surface area contributed by atoms with Crippen LogP contribution in [0.25, 0.3) is 0 Å². The molecule has 0 fully saturated rings. The highest BCUT2D eigenvalue weighted by Crippen LogP contribution is 2.17. The molecule has 29 heavy (non-hydrogen) atoms. The Hall–Kier alpha value is -2.22. The second-order valence-electron chi connectivity index (χ2n) is 7.13. The lowest BCUT2D eigenvalue weighted by molar-refractivity contribution is 0.0941. The smallest absolute Gasteiger partial charge is 0.251 e. The number of rotatable bonds is 10. The maximum Gasteiger partial charge on any atom is 0.251 e. The monoisotopic (exact) mass is 417 g/mol. The van der Waals surface area contributed by atoms with E-state index in [-0.39, 0.29) is 16.8 Å². The van der Waals surface area contributed by atoms with Gasteiger partial charge in [-0.25, -0.2) is 8.42 Å². The van der Waals surface area contributed by atoms with Crippen molar-refractivity contribution < 1.29 is 13.2 Å². The molecule has 0 spiro atoms. The number of nitrogens with one attached hydrogen (secondary N) is 1. The van der Waals surface area contributed by atoms with Gasteiger partial charge in [-0.1, -0.05) is 50.2 Å². The van der Waals surface area contributed by atoms with Gasteiger partial charge >= 0.3 is 0 Å². The van der Waals surface area contributed by atoms with Gasteiger partial charge in [0, 0.05) is 31.2 Å². The average Bonchev–Trinajstić information content (AvgIpc) is 2.72. The summed E-state index contributed by atoms with van der Waals surface area (Å²) in [5, 5.41) is 2.95. The highest BCUT2D eigenvalue weighted by Gasteiger charge is 2.23. The molecule has 2 rings (SSSR count). The molecule has 1 atom stereocenters. The normalized spacial score (nSPS) is 12.9. The summed E-state index contributed by atoms with van der Waals surface area (Å²) in [5.74, 6) is -0.276. The fourth-order valence-corrected chi connectivity index (χ4v) is 4.65. The number of amides is 1. The molecule has 0 saturated heterocycles. The highest BCUT2D eigenvalue weighted by atomic mass is 32.2. The first kappa shape index (κ1) is 23.1. The molecule has 0 bridgehead atoms. The number of likely N-dealkylation sites (N-methyl/N-ethyl adjacent to an activating group) is 1. The molecule has 0 saturated carbocycles. The van der Waals surface area contributed by atoms with Crippen molar-refractivity contribution in [2.45, 2.75) is 31.2 Å². The van der Waals surface area contributed by atoms with Gasteiger partial charge in [-0.2, -0.15) is 4.31 Å². The van der Waals surface area contributed by atoms with Crippen LogP contribution in [0.15, 0.2) is 59.5 Å². The van der Waals surface area contributed by atoms with Crippen LogP contribution in [0.2, 0.25) is 0 Å². The lowest BCUT2D eigenvalue weighted by atomic mass is 10.1. The van der Waals surface area contributed by atoms with Gasteiger partial charge in [0.2, 0.25) is 10.0 Å². The molecule has 6 nitrogen and oxygen atoms in total. The van der Waals surface area contributed by atoms with Crippen LogP contribution in [-0.4, -0.2) is 63.3 Å². The maximum absolute atomic E-state index is 12.7. The van der Waals surface area contributed by atoms with Gasteiger partial charge < -0.3 is 10.2 Å². The molecule has 1 N–H and O–H groups in total. The number of nitrogens with zero attached hydrogens (tertiary/aromatic N) is 2. The SMILES string of the molecule is CCN(CC)S(=O)(=O)c1cccc(C(=O)NC[C@H](Cc2ccccc2)N(C)C)c1. The van der Waals surface area contributed by atoms with Crippen LogP contribution in [0.5, 0.6) is 0 Å². The standard InChI is InChI=1S/C22H31N3O3S/c1-5-25(6-2)29(27,28)21-14-10-13-19(16-21)22(26)23-17-20(24(3)4)15-18-11-8-7-9-12-18/h7-14,16,20H,5-6,15,17H2,1-4H3,(H,23,26)/t20-/m0/s1. The average molecular weight is 418 g/mol. The summed E-state index contributed by atoms with van der Waals surface area (Å²) in [7, 11) is 0.369. The van der Waals surface area contributed by atoms with Crippen LogP contribution in [0, 0.1) is 0 Å². The lowest BCUT2D eigenvalue weighted by Crippen LogP contribution is -2.41. The Morgan fingerprint density at radius 3 is 2.24 bits per heavy atom. The van der Waals surface area contributed by atoms with Crippen molar-refractivity contribution in [2.24, 2.45) is 0 Å². The van der Waals surface area contributed by atoms with E-state index in [9.17, 15) is 13.2 Å². The summed E-state index contributed by atoms with van der Waals surface area (Å²) < 4.78 is 26.8. The zero-order valence-corrected chi connectivity index (χ0v) is 18.4. The molecule has 0 aromatic heterocycles. The van der Waals surface area contributed by atoms with Crippen LogP contribution in [0.4, 0.5) is 0 Å². The first-order chi connectivity index (χ1) is 13.8. The van der Waals surface area contributed by atoms with Crippen LogP contribution in [0.1, 0.15) is 29.8 Å². The fourth-order valence-electron chi connectivity index (χ4n) is 3.15. The largest absolute Gasteiger partial charge is 0.350 e. The Morgan fingerprint density at radius 2 is 1.66 bits per heavy atom. The molecule has 0 heterocycles. The number of sulfonamides is 1. The number of carbonyl (C=O) groups is 1. The number of hydrogen-bond donors (Lipinski definition) is 1. The minimum absolute atomic E-state index is 0.129. The van der Waals surface area contributed by atoms with E-state index in [0.717, 1.165) is 6.42 Å². The number of carbonyl (C=O) groups excluding carboxylic acids is 1. The maximum atomic E-state index is 12.7. The van der Waals surface area contributed by atoms with Crippen LogP contribution >= 0.6 is 0 Å². The van der Waals surface area contributed by atoms with Crippen molar-refractivity contribution >= 4 is 15.9 Å². The van der Waals surface area contributed by atoms with Crippen LogP contribution in [-0.2, 0) is 16.4 Å². The Balaban J connectivity index is 2.10. The van der Waals surface area contributed by atoms with Crippen molar-refractivity contribution in [3.63, 3.8) is 0 Å². The first-order valence-electron chi connectivity index (χ1n) is 9.88. The van der Waals surface area contributed by atoms with Crippen molar-refractivity contribution in [1.82, 2.24) is 14.5 Å². The zero-order chi connectivity index (χ0) is 21.4. The quantitative estimate of drug-likeness (QED) is 0.645. The van der Waals surface area contributed by atoms with Crippen LogP contribution < -0.4 is 5.32 Å². The number of hydrogen-bond acceptors (Lipinski definition) is 4. The molecule has 0 aliphatic carbocycles. The van der Waals surface area contributed by atoms with Gasteiger partial charge in [0.05, 0.1) is 4.90 Å². The molecular formula is C22H31N3O3S. The van der Waals surface area contributed by atoms with Gasteiger partial charge in [-0.15, -0.1) is 0 Å². The summed E-state index contributed by atoms with van der Waals surface area (Å²) in [6.45, 7) is 4.84. The van der Waals surface area contributed by atoms with E-state index in [2.05, 4.69) is 22.3 Å². The second kappa shape index (κ2) is 10.5. The van der Waals surface area contributed by atoms with E-state index < -0.39 is 10.0 Å². The molecule has 7 heteroatoms. The lowest BCUT2D eigenvalue weighted by Gasteiger charge is -2.25. The van der Waals surface area contributed by atoms with E-state index in [1.54, 1.807) is 26.0 Å². The molecule has 2 aromatic rings. The summed E-state index contributed by atoms with van der Waals surface area (Å²) in [6, 6.07) is 16.5. The van der Waals surface area contributed by atoms with Crippen molar-refractivity contribution in [2.75, 3.05) is 33.7 Å². The molecule has 1 amide bonds. The van der Waals surface area contributed by atoms with E-state index >= 15 is 0 Å². The molecule has 0 aliphatic heterocycles. The van der Waals surface area contributed by atoms with Gasteiger partial charge in [0.25, 0.3) is 5.91 Å². The molecule has 2 aromatic carbocycles. The highest BCUT2D eigenvalue weighted by molar-refractivity contribution is 7.89. The predicted molar refractivity (Wildman–Crippen MR) is 117 cm³/mol. The Bertz CT molecular complexity index is 895. The van der Waals surface area contributed by atoms with E-state index in [0.29, 0.717) is 25.2 Å². The molecule has 0 radical (unpaired) electrons. The minimum Gasteiger partial charge on any atom is -0.350 e. The third-order valence-corrected chi connectivity index (χ3v) is 7.03. The second-order valence-corrected chi connectivity index (χ2v) is 9.07. The van der Waals surface area contributed by atoms with E-state index in [4.69, 9.17) is 0 Å². The van der Waals surface area contributed by atoms with E-state index in [1.165, 1.54) is 22.0 Å². The third kappa shape index (κ3) is 6.13. The minimum atomic E-state index is -3.60. The molecule has 158 valence electrons. The Kier molecular flexibility index (Phi) is 8.37. The molecule has 0 unspecified atom stereocenters. The topological polar surface area (TPSA) is 69.7 Å². The van der Waals surface area contributed by atoms with Crippen molar-refractivity contribution in [1.29, 1.82) is 0 Å². The zero-order valence-electron chi connectivity index (χ0n) is 17.6. The van der Waals surface area contributed by atoms with Crippen molar-refractivity contribution in [3.05, 3.63) is 65.7 Å². The van der Waals surface area contributed by atoms with Gasteiger partial charge in [-0.05, 0) is 44.3 Å². The summed E-state index contributed by atoms with van der Waals surface area (Å²) in [5.41, 5.74) is 1.54. The molecular weight excluding hydrogens is 386 g/mol. The Morgan fingerprint density at radius 1 is 1.00 bits per heavy atom. The van der Waals surface area contributed by atoms with Gasteiger partial charge in [-0.3, -0.25) is 4.79 Å². The van der Waals surface area contributed by atoms with Gasteiger partial charge in [0.1, 0.15) is 0 Å². The van der Waals surface area contributed by atoms with E-state index in [1.807, 2.05) is 32.3 Å². The predicted octanol–water partition coefficient (Wildman–Crippen LogP) is 2.62. The number of benzene rings is 2. The third-order valence-electron chi connectivity index (χ3n) is 4.98. The fraction of sp³-hybridized carbons (Fsp3) is 0.409. The first-order valence-corrected chi connectivity index (χ1v) is 11.3. The van der Waals surface area contributed by atoms with Crippen molar-refractivity contribution in [3.8, 4) is 0 Å². The molecule has 0 aliphatic rings.